The minimum absolute atomic E-state index is 0.0306. The summed E-state index contributed by atoms with van der Waals surface area (Å²) in [5, 5.41) is 11.1. The van der Waals surface area contributed by atoms with Gasteiger partial charge in [-0.1, -0.05) is 19.9 Å². The second-order valence-corrected chi connectivity index (χ2v) is 6.83. The van der Waals surface area contributed by atoms with Gasteiger partial charge in [-0.2, -0.15) is 0 Å². The standard InChI is InChI=1S/C15H26N2O4/c1-7-8-17(14(2,3)4)13(21)16-11(18)9-15(5,6)10-12(19)20/h7H,1,8-10H2,2-6H3,(H,19,20)(H,16,18,21). The van der Waals surface area contributed by atoms with Crippen LogP contribution in [0.3, 0.4) is 0 Å². The first-order valence-corrected chi connectivity index (χ1v) is 6.83. The Balaban J connectivity index is 4.73. The number of carboxylic acids is 1. The lowest BCUT2D eigenvalue weighted by Gasteiger charge is -2.34. The van der Waals surface area contributed by atoms with Crippen LogP contribution >= 0.6 is 0 Å². The normalized spacial score (nSPS) is 11.7. The SMILES string of the molecule is C=CCN(C(=O)NC(=O)CC(C)(C)CC(=O)O)C(C)(C)C. The summed E-state index contributed by atoms with van der Waals surface area (Å²) in [5.74, 6) is -1.45. The number of amides is 3. The zero-order valence-electron chi connectivity index (χ0n) is 13.5. The summed E-state index contributed by atoms with van der Waals surface area (Å²) in [6.45, 7) is 12.8. The topological polar surface area (TPSA) is 86.7 Å². The molecule has 120 valence electrons. The highest BCUT2D eigenvalue weighted by Gasteiger charge is 2.29. The molecule has 0 aliphatic rings. The maximum atomic E-state index is 12.1. The first kappa shape index (κ1) is 19.1. The van der Waals surface area contributed by atoms with Crippen molar-refractivity contribution in [3.63, 3.8) is 0 Å². The molecule has 0 rings (SSSR count). The number of carbonyl (C=O) groups excluding carboxylic acids is 2. The first-order valence-electron chi connectivity index (χ1n) is 6.83. The second kappa shape index (κ2) is 7.24. The highest BCUT2D eigenvalue weighted by atomic mass is 16.4. The number of hydrogen-bond donors (Lipinski definition) is 2. The van der Waals surface area contributed by atoms with Gasteiger partial charge < -0.3 is 10.0 Å². The van der Waals surface area contributed by atoms with E-state index < -0.39 is 28.9 Å². The molecule has 0 heterocycles. The molecule has 0 radical (unpaired) electrons. The van der Waals surface area contributed by atoms with Crippen molar-refractivity contribution in [2.45, 2.75) is 53.0 Å². The number of nitrogens with one attached hydrogen (secondary N) is 1. The van der Waals surface area contributed by atoms with Crippen molar-refractivity contribution >= 4 is 17.9 Å². The quantitative estimate of drug-likeness (QED) is 0.737. The maximum absolute atomic E-state index is 12.1. The van der Waals surface area contributed by atoms with Gasteiger partial charge in [-0.25, -0.2) is 4.79 Å². The van der Waals surface area contributed by atoms with Crippen molar-refractivity contribution in [1.29, 1.82) is 0 Å². The molecule has 0 aromatic carbocycles. The molecule has 0 saturated heterocycles. The van der Waals surface area contributed by atoms with Gasteiger partial charge in [-0.15, -0.1) is 6.58 Å². The van der Waals surface area contributed by atoms with Crippen LogP contribution in [0.5, 0.6) is 0 Å². The van der Waals surface area contributed by atoms with Crippen LogP contribution in [0.2, 0.25) is 0 Å². The third kappa shape index (κ3) is 7.48. The Morgan fingerprint density at radius 1 is 1.14 bits per heavy atom. The van der Waals surface area contributed by atoms with E-state index in [-0.39, 0.29) is 12.8 Å². The highest BCUT2D eigenvalue weighted by Crippen LogP contribution is 2.24. The molecule has 0 aliphatic carbocycles. The molecule has 0 aromatic heterocycles. The molecule has 6 heteroatoms. The summed E-state index contributed by atoms with van der Waals surface area (Å²) < 4.78 is 0. The van der Waals surface area contributed by atoms with E-state index in [1.165, 1.54) is 4.90 Å². The van der Waals surface area contributed by atoms with Gasteiger partial charge in [0.05, 0.1) is 6.42 Å². The average molecular weight is 298 g/mol. The van der Waals surface area contributed by atoms with E-state index in [4.69, 9.17) is 5.11 Å². The fourth-order valence-electron chi connectivity index (χ4n) is 1.93. The van der Waals surface area contributed by atoms with Crippen LogP contribution in [0.15, 0.2) is 12.7 Å². The molecule has 0 aromatic rings. The van der Waals surface area contributed by atoms with Gasteiger partial charge >= 0.3 is 12.0 Å². The van der Waals surface area contributed by atoms with Crippen LogP contribution in [-0.4, -0.2) is 40.0 Å². The van der Waals surface area contributed by atoms with Gasteiger partial charge in [0.1, 0.15) is 0 Å². The molecule has 0 atom stereocenters. The first-order chi connectivity index (χ1) is 9.39. The Morgan fingerprint density at radius 2 is 1.67 bits per heavy atom. The Labute approximate surface area is 126 Å². The van der Waals surface area contributed by atoms with Crippen molar-refractivity contribution in [1.82, 2.24) is 10.2 Å². The van der Waals surface area contributed by atoms with E-state index >= 15 is 0 Å². The van der Waals surface area contributed by atoms with Gasteiger partial charge in [0.25, 0.3) is 0 Å². The van der Waals surface area contributed by atoms with Gasteiger partial charge in [-0.05, 0) is 26.2 Å². The zero-order chi connectivity index (χ0) is 16.8. The lowest BCUT2D eigenvalue weighted by atomic mass is 9.85. The number of nitrogens with zero attached hydrogens (tertiary/aromatic N) is 1. The van der Waals surface area contributed by atoms with E-state index in [1.54, 1.807) is 19.9 Å². The second-order valence-electron chi connectivity index (χ2n) is 6.83. The number of imide groups is 1. The molecule has 0 unspecified atom stereocenters. The van der Waals surface area contributed by atoms with Crippen LogP contribution in [-0.2, 0) is 9.59 Å². The molecule has 2 N–H and O–H groups in total. The molecular weight excluding hydrogens is 272 g/mol. The lowest BCUT2D eigenvalue weighted by molar-refractivity contribution is -0.139. The van der Waals surface area contributed by atoms with Crippen molar-refractivity contribution in [2.75, 3.05) is 6.54 Å². The number of carboxylic acid groups (broad SMARTS) is 1. The molecular formula is C15H26N2O4. The van der Waals surface area contributed by atoms with Crippen LogP contribution < -0.4 is 5.32 Å². The number of carbonyl (C=O) groups is 3. The summed E-state index contributed by atoms with van der Waals surface area (Å²) in [6.07, 6.45) is 1.42. The number of urea groups is 1. The minimum atomic E-state index is -0.970. The summed E-state index contributed by atoms with van der Waals surface area (Å²) in [6, 6.07) is -0.501. The monoisotopic (exact) mass is 298 g/mol. The predicted molar refractivity (Wildman–Crippen MR) is 80.8 cm³/mol. The Hall–Kier alpha value is -1.85. The Kier molecular flexibility index (Phi) is 6.60. The maximum Gasteiger partial charge on any atom is 0.324 e. The summed E-state index contributed by atoms with van der Waals surface area (Å²) in [5.41, 5.74) is -1.16. The number of aliphatic carboxylic acids is 1. The highest BCUT2D eigenvalue weighted by molar-refractivity contribution is 5.95. The summed E-state index contributed by atoms with van der Waals surface area (Å²) in [4.78, 5) is 36.3. The largest absolute Gasteiger partial charge is 0.481 e. The van der Waals surface area contributed by atoms with Crippen LogP contribution in [0.1, 0.15) is 47.5 Å². The van der Waals surface area contributed by atoms with Crippen LogP contribution in [0.25, 0.3) is 0 Å². The molecule has 0 saturated carbocycles. The fraction of sp³-hybridized carbons (Fsp3) is 0.667. The van der Waals surface area contributed by atoms with Crippen molar-refractivity contribution in [2.24, 2.45) is 5.41 Å². The van der Waals surface area contributed by atoms with Crippen LogP contribution in [0, 0.1) is 5.41 Å². The summed E-state index contributed by atoms with van der Waals surface area (Å²) >= 11 is 0. The molecule has 0 spiro atoms. The number of hydrogen-bond acceptors (Lipinski definition) is 3. The van der Waals surface area contributed by atoms with Gasteiger partial charge in [0, 0.05) is 18.5 Å². The van der Waals surface area contributed by atoms with Crippen molar-refractivity contribution in [3.8, 4) is 0 Å². The lowest BCUT2D eigenvalue weighted by Crippen LogP contribution is -2.52. The molecule has 21 heavy (non-hydrogen) atoms. The molecule has 0 aliphatic heterocycles. The van der Waals surface area contributed by atoms with Crippen molar-refractivity contribution in [3.05, 3.63) is 12.7 Å². The third-order valence-corrected chi connectivity index (χ3v) is 2.88. The van der Waals surface area contributed by atoms with E-state index in [1.807, 2.05) is 20.8 Å². The zero-order valence-corrected chi connectivity index (χ0v) is 13.5. The number of rotatable bonds is 6. The van der Waals surface area contributed by atoms with Gasteiger partial charge in [0.2, 0.25) is 5.91 Å². The predicted octanol–water partition coefficient (Wildman–Crippen LogP) is 2.40. The van der Waals surface area contributed by atoms with Crippen molar-refractivity contribution < 1.29 is 19.5 Å². The van der Waals surface area contributed by atoms with E-state index in [9.17, 15) is 14.4 Å². The molecule has 0 bridgehead atoms. The summed E-state index contributed by atoms with van der Waals surface area (Å²) in [7, 11) is 0. The smallest absolute Gasteiger partial charge is 0.324 e. The van der Waals surface area contributed by atoms with E-state index in [2.05, 4.69) is 11.9 Å². The Morgan fingerprint density at radius 3 is 2.05 bits per heavy atom. The molecule has 0 fully saturated rings. The van der Waals surface area contributed by atoms with E-state index in [0.29, 0.717) is 6.54 Å². The van der Waals surface area contributed by atoms with Gasteiger partial charge in [0.15, 0.2) is 0 Å². The van der Waals surface area contributed by atoms with Gasteiger partial charge in [-0.3, -0.25) is 14.9 Å². The third-order valence-electron chi connectivity index (χ3n) is 2.88. The van der Waals surface area contributed by atoms with E-state index in [0.717, 1.165) is 0 Å². The Bertz CT molecular complexity index is 422. The average Bonchev–Trinajstić information content (AvgIpc) is 2.20. The minimum Gasteiger partial charge on any atom is -0.481 e. The molecule has 3 amide bonds. The molecule has 6 nitrogen and oxygen atoms in total. The van der Waals surface area contributed by atoms with Crippen LogP contribution in [0.4, 0.5) is 4.79 Å². The fourth-order valence-corrected chi connectivity index (χ4v) is 1.93.